The molecule has 2 atom stereocenters. The third-order valence-corrected chi connectivity index (χ3v) is 6.28. The second-order valence-electron chi connectivity index (χ2n) is 5.43. The molecule has 1 aliphatic rings. The molecule has 3 heteroatoms. The third-order valence-electron chi connectivity index (χ3n) is 3.94. The van der Waals surface area contributed by atoms with E-state index in [2.05, 4.69) is 0 Å². The van der Waals surface area contributed by atoms with Crippen molar-refractivity contribution < 1.29 is 8.42 Å². The molecule has 1 heterocycles. The molecule has 0 spiro atoms. The Kier molecular flexibility index (Phi) is 3.93. The lowest BCUT2D eigenvalue weighted by Crippen LogP contribution is -2.27. The maximum atomic E-state index is 12.6. The molecule has 1 aliphatic heterocycles. The summed E-state index contributed by atoms with van der Waals surface area (Å²) in [5.74, 6) is 0. The lowest BCUT2D eigenvalue weighted by atomic mass is 10.1. The molecular weight excluding hydrogens is 280 g/mol. The SMILES string of the molecule is O=S1(=O)[C@@H](Cc2ccccc2)C=C[C@H]1Cc1ccccc1. The fourth-order valence-electron chi connectivity index (χ4n) is 2.75. The average Bonchev–Trinajstić information content (AvgIpc) is 2.77. The van der Waals surface area contributed by atoms with Crippen molar-refractivity contribution in [3.63, 3.8) is 0 Å². The summed E-state index contributed by atoms with van der Waals surface area (Å²) in [6.45, 7) is 0. The van der Waals surface area contributed by atoms with Crippen LogP contribution < -0.4 is 0 Å². The van der Waals surface area contributed by atoms with Gasteiger partial charge in [0.25, 0.3) is 0 Å². The van der Waals surface area contributed by atoms with Crippen LogP contribution in [0, 0.1) is 0 Å². The summed E-state index contributed by atoms with van der Waals surface area (Å²) in [5, 5.41) is -0.790. The standard InChI is InChI=1S/C18H18O2S/c19-21(20)17(13-15-7-3-1-4-8-15)11-12-18(21)14-16-9-5-2-6-10-16/h1-12,17-18H,13-14H2/t17-,18+. The van der Waals surface area contributed by atoms with E-state index in [0.717, 1.165) is 11.1 Å². The minimum Gasteiger partial charge on any atom is -0.228 e. The summed E-state index contributed by atoms with van der Waals surface area (Å²) in [6.07, 6.45) is 4.84. The molecule has 0 fully saturated rings. The fourth-order valence-corrected chi connectivity index (χ4v) is 4.67. The van der Waals surface area contributed by atoms with Gasteiger partial charge in [-0.1, -0.05) is 72.8 Å². The van der Waals surface area contributed by atoms with Crippen molar-refractivity contribution >= 4 is 9.84 Å². The molecule has 108 valence electrons. The molecule has 0 radical (unpaired) electrons. The second-order valence-corrected chi connectivity index (χ2v) is 7.82. The Morgan fingerprint density at radius 1 is 0.667 bits per heavy atom. The van der Waals surface area contributed by atoms with E-state index < -0.39 is 20.3 Å². The van der Waals surface area contributed by atoms with Crippen LogP contribution in [-0.2, 0) is 22.7 Å². The number of benzene rings is 2. The van der Waals surface area contributed by atoms with Gasteiger partial charge >= 0.3 is 0 Å². The van der Waals surface area contributed by atoms with E-state index in [0.29, 0.717) is 12.8 Å². The van der Waals surface area contributed by atoms with Crippen molar-refractivity contribution in [1.29, 1.82) is 0 Å². The first-order valence-electron chi connectivity index (χ1n) is 7.15. The molecule has 0 aliphatic carbocycles. The molecule has 0 aromatic heterocycles. The van der Waals surface area contributed by atoms with E-state index in [9.17, 15) is 8.42 Å². The zero-order chi connectivity index (χ0) is 14.7. The minimum absolute atomic E-state index is 0.395. The van der Waals surface area contributed by atoms with Crippen LogP contribution in [0.1, 0.15) is 11.1 Å². The quantitative estimate of drug-likeness (QED) is 0.812. The Balaban J connectivity index is 1.75. The summed E-state index contributed by atoms with van der Waals surface area (Å²) in [7, 11) is -3.14. The highest BCUT2D eigenvalue weighted by Crippen LogP contribution is 2.26. The molecule has 2 aromatic carbocycles. The van der Waals surface area contributed by atoms with Gasteiger partial charge in [-0.25, -0.2) is 8.42 Å². The highest BCUT2D eigenvalue weighted by molar-refractivity contribution is 7.93. The van der Waals surface area contributed by atoms with Gasteiger partial charge in [-0.3, -0.25) is 0 Å². The summed E-state index contributed by atoms with van der Waals surface area (Å²) in [4.78, 5) is 0. The van der Waals surface area contributed by atoms with E-state index in [-0.39, 0.29) is 0 Å². The molecule has 0 saturated carbocycles. The first kappa shape index (κ1) is 14.1. The Hall–Kier alpha value is -1.87. The van der Waals surface area contributed by atoms with Crippen molar-refractivity contribution in [3.8, 4) is 0 Å². The molecule has 21 heavy (non-hydrogen) atoms. The Morgan fingerprint density at radius 2 is 1.05 bits per heavy atom. The molecule has 0 N–H and O–H groups in total. The highest BCUT2D eigenvalue weighted by Gasteiger charge is 2.35. The van der Waals surface area contributed by atoms with Crippen molar-refractivity contribution in [2.45, 2.75) is 23.3 Å². The Bertz CT molecular complexity index is 661. The van der Waals surface area contributed by atoms with Crippen LogP contribution in [0.3, 0.4) is 0 Å². The molecule has 0 bridgehead atoms. The van der Waals surface area contributed by atoms with Gasteiger partial charge in [0.05, 0.1) is 10.5 Å². The summed E-state index contributed by atoms with van der Waals surface area (Å²) in [5.41, 5.74) is 2.13. The van der Waals surface area contributed by atoms with E-state index in [1.165, 1.54) is 0 Å². The van der Waals surface area contributed by atoms with Crippen LogP contribution in [0.5, 0.6) is 0 Å². The van der Waals surface area contributed by atoms with E-state index >= 15 is 0 Å². The van der Waals surface area contributed by atoms with Gasteiger partial charge in [0.1, 0.15) is 0 Å². The lowest BCUT2D eigenvalue weighted by molar-refractivity contribution is 0.583. The van der Waals surface area contributed by atoms with Crippen molar-refractivity contribution in [2.24, 2.45) is 0 Å². The number of rotatable bonds is 4. The highest BCUT2D eigenvalue weighted by atomic mass is 32.2. The summed E-state index contributed by atoms with van der Waals surface area (Å²) < 4.78 is 25.3. The summed E-state index contributed by atoms with van der Waals surface area (Å²) in [6, 6.07) is 19.6. The zero-order valence-corrected chi connectivity index (χ0v) is 12.5. The van der Waals surface area contributed by atoms with Crippen molar-refractivity contribution in [3.05, 3.63) is 83.9 Å². The maximum absolute atomic E-state index is 12.6. The Morgan fingerprint density at radius 3 is 1.43 bits per heavy atom. The van der Waals surface area contributed by atoms with Gasteiger partial charge in [-0.2, -0.15) is 0 Å². The molecular formula is C18H18O2S. The van der Waals surface area contributed by atoms with Gasteiger partial charge in [0.15, 0.2) is 9.84 Å². The van der Waals surface area contributed by atoms with Gasteiger partial charge in [-0.05, 0) is 24.0 Å². The monoisotopic (exact) mass is 298 g/mol. The molecule has 0 amide bonds. The van der Waals surface area contributed by atoms with E-state index in [1.807, 2.05) is 72.8 Å². The predicted octanol–water partition coefficient (Wildman–Crippen LogP) is 3.19. The van der Waals surface area contributed by atoms with E-state index in [1.54, 1.807) is 0 Å². The topological polar surface area (TPSA) is 34.1 Å². The van der Waals surface area contributed by atoms with Crippen LogP contribution in [0.25, 0.3) is 0 Å². The lowest BCUT2D eigenvalue weighted by Gasteiger charge is -2.14. The number of hydrogen-bond acceptors (Lipinski definition) is 2. The largest absolute Gasteiger partial charge is 0.228 e. The van der Waals surface area contributed by atoms with Gasteiger partial charge in [0, 0.05) is 0 Å². The van der Waals surface area contributed by atoms with Gasteiger partial charge < -0.3 is 0 Å². The molecule has 2 aromatic rings. The zero-order valence-electron chi connectivity index (χ0n) is 11.7. The number of hydrogen-bond donors (Lipinski definition) is 0. The van der Waals surface area contributed by atoms with E-state index in [4.69, 9.17) is 0 Å². The first-order chi connectivity index (χ1) is 10.2. The predicted molar refractivity (Wildman–Crippen MR) is 85.9 cm³/mol. The van der Waals surface area contributed by atoms with Crippen LogP contribution in [0.15, 0.2) is 72.8 Å². The minimum atomic E-state index is -3.14. The van der Waals surface area contributed by atoms with Crippen LogP contribution >= 0.6 is 0 Å². The third kappa shape index (κ3) is 3.08. The molecule has 0 saturated heterocycles. The van der Waals surface area contributed by atoms with Crippen LogP contribution in [0.4, 0.5) is 0 Å². The Labute approximate surface area is 126 Å². The summed E-state index contributed by atoms with van der Waals surface area (Å²) >= 11 is 0. The smallest absolute Gasteiger partial charge is 0.163 e. The van der Waals surface area contributed by atoms with Crippen LogP contribution in [0.2, 0.25) is 0 Å². The normalized spacial score (nSPS) is 23.2. The fraction of sp³-hybridized carbons (Fsp3) is 0.222. The van der Waals surface area contributed by atoms with Gasteiger partial charge in [0.2, 0.25) is 0 Å². The molecule has 3 rings (SSSR count). The first-order valence-corrected chi connectivity index (χ1v) is 8.76. The van der Waals surface area contributed by atoms with Crippen molar-refractivity contribution in [2.75, 3.05) is 0 Å². The van der Waals surface area contributed by atoms with Gasteiger partial charge in [-0.15, -0.1) is 0 Å². The van der Waals surface area contributed by atoms with Crippen LogP contribution in [-0.4, -0.2) is 18.9 Å². The maximum Gasteiger partial charge on any atom is 0.163 e. The molecule has 2 nitrogen and oxygen atoms in total. The number of sulfone groups is 1. The second kappa shape index (κ2) is 5.86. The molecule has 0 unspecified atom stereocenters. The average molecular weight is 298 g/mol. The van der Waals surface area contributed by atoms with Crippen molar-refractivity contribution in [1.82, 2.24) is 0 Å².